The summed E-state index contributed by atoms with van der Waals surface area (Å²) in [6.07, 6.45) is 2.56. The molecule has 2 aliphatic heterocycles. The summed E-state index contributed by atoms with van der Waals surface area (Å²) in [5.74, 6) is 0.769. The normalized spacial score (nSPS) is 34.8. The summed E-state index contributed by atoms with van der Waals surface area (Å²) in [5, 5.41) is 3.55. The van der Waals surface area contributed by atoms with E-state index >= 15 is 0 Å². The first-order valence-electron chi connectivity index (χ1n) is 6.36. The third-order valence-corrected chi connectivity index (χ3v) is 3.94. The summed E-state index contributed by atoms with van der Waals surface area (Å²) in [5.41, 5.74) is 0. The van der Waals surface area contributed by atoms with Crippen LogP contribution in [0.2, 0.25) is 0 Å². The predicted octanol–water partition coefficient (Wildman–Crippen LogP) is 1.10. The van der Waals surface area contributed by atoms with Crippen molar-refractivity contribution in [3.63, 3.8) is 0 Å². The topological polar surface area (TPSA) is 24.5 Å². The zero-order valence-electron chi connectivity index (χ0n) is 10.0. The molecular weight excluding hydrogens is 188 g/mol. The van der Waals surface area contributed by atoms with Gasteiger partial charge in [-0.05, 0) is 32.2 Å². The van der Waals surface area contributed by atoms with Crippen molar-refractivity contribution in [1.29, 1.82) is 0 Å². The van der Waals surface area contributed by atoms with E-state index in [4.69, 9.17) is 4.74 Å². The van der Waals surface area contributed by atoms with Crippen molar-refractivity contribution in [1.82, 2.24) is 10.2 Å². The maximum Gasteiger partial charge on any atom is 0.0509 e. The summed E-state index contributed by atoms with van der Waals surface area (Å²) in [4.78, 5) is 2.63. The lowest BCUT2D eigenvalue weighted by atomic mass is 9.99. The molecule has 0 saturated carbocycles. The quantitative estimate of drug-likeness (QED) is 0.755. The number of likely N-dealkylation sites (tertiary alicyclic amines) is 1. The first-order chi connectivity index (χ1) is 7.31. The Kier molecular flexibility index (Phi) is 4.00. The van der Waals surface area contributed by atoms with Crippen LogP contribution >= 0.6 is 0 Å². The van der Waals surface area contributed by atoms with Gasteiger partial charge in [0, 0.05) is 31.8 Å². The molecule has 3 atom stereocenters. The Balaban J connectivity index is 1.79. The highest BCUT2D eigenvalue weighted by atomic mass is 16.5. The Bertz CT molecular complexity index is 192. The third-order valence-electron chi connectivity index (χ3n) is 3.94. The molecule has 0 radical (unpaired) electrons. The number of nitrogens with zero attached hydrogens (tertiary/aromatic N) is 1. The molecule has 3 nitrogen and oxygen atoms in total. The fourth-order valence-electron chi connectivity index (χ4n) is 2.84. The number of hydrogen-bond donors (Lipinski definition) is 1. The molecule has 15 heavy (non-hydrogen) atoms. The second-order valence-electron chi connectivity index (χ2n) is 4.90. The molecule has 0 aromatic rings. The van der Waals surface area contributed by atoms with Crippen molar-refractivity contribution in [3.8, 4) is 0 Å². The Hall–Kier alpha value is -0.120. The van der Waals surface area contributed by atoms with Crippen molar-refractivity contribution >= 4 is 0 Å². The van der Waals surface area contributed by atoms with Gasteiger partial charge in [-0.25, -0.2) is 0 Å². The zero-order valence-corrected chi connectivity index (χ0v) is 10.0. The van der Waals surface area contributed by atoms with Crippen LogP contribution in [0.15, 0.2) is 0 Å². The minimum Gasteiger partial charge on any atom is -0.381 e. The highest BCUT2D eigenvalue weighted by molar-refractivity contribution is 4.87. The smallest absolute Gasteiger partial charge is 0.0509 e. The number of likely N-dealkylation sites (N-methyl/N-ethyl adjacent to an activating group) is 1. The summed E-state index contributed by atoms with van der Waals surface area (Å²) in [7, 11) is 0. The van der Waals surface area contributed by atoms with E-state index in [-0.39, 0.29) is 0 Å². The lowest BCUT2D eigenvalue weighted by molar-refractivity contribution is 0.143. The third kappa shape index (κ3) is 2.71. The summed E-state index contributed by atoms with van der Waals surface area (Å²) < 4.78 is 5.47. The van der Waals surface area contributed by atoms with E-state index in [2.05, 4.69) is 24.1 Å². The first-order valence-corrected chi connectivity index (χ1v) is 6.36. The molecule has 0 bridgehead atoms. The van der Waals surface area contributed by atoms with E-state index in [9.17, 15) is 0 Å². The average molecular weight is 212 g/mol. The largest absolute Gasteiger partial charge is 0.381 e. The Morgan fingerprint density at radius 2 is 2.33 bits per heavy atom. The van der Waals surface area contributed by atoms with Crippen LogP contribution in [0.25, 0.3) is 0 Å². The van der Waals surface area contributed by atoms with Gasteiger partial charge in [0.15, 0.2) is 0 Å². The number of rotatable bonds is 4. The Morgan fingerprint density at radius 1 is 1.47 bits per heavy atom. The fourth-order valence-corrected chi connectivity index (χ4v) is 2.84. The van der Waals surface area contributed by atoms with Gasteiger partial charge in [-0.1, -0.05) is 6.92 Å². The van der Waals surface area contributed by atoms with Crippen LogP contribution in [-0.2, 0) is 4.74 Å². The number of nitrogens with one attached hydrogen (secondary N) is 1. The second kappa shape index (κ2) is 5.28. The van der Waals surface area contributed by atoms with Gasteiger partial charge in [0.25, 0.3) is 0 Å². The van der Waals surface area contributed by atoms with Crippen LogP contribution < -0.4 is 5.32 Å². The van der Waals surface area contributed by atoms with Crippen LogP contribution in [0.3, 0.4) is 0 Å². The standard InChI is InChI=1S/C12H24N2O/c1-3-13-12-4-6-14(8-12)10(2)11-5-7-15-9-11/h10-13H,3-9H2,1-2H3. The van der Waals surface area contributed by atoms with E-state index in [1.807, 2.05) is 0 Å². The van der Waals surface area contributed by atoms with E-state index in [1.54, 1.807) is 0 Å². The second-order valence-corrected chi connectivity index (χ2v) is 4.90. The average Bonchev–Trinajstić information content (AvgIpc) is 2.87. The molecule has 0 spiro atoms. The Labute approximate surface area is 93.2 Å². The molecule has 3 heteroatoms. The molecule has 0 aliphatic carbocycles. The molecule has 0 amide bonds. The van der Waals surface area contributed by atoms with E-state index in [1.165, 1.54) is 25.9 Å². The van der Waals surface area contributed by atoms with Gasteiger partial charge >= 0.3 is 0 Å². The van der Waals surface area contributed by atoms with Gasteiger partial charge in [-0.2, -0.15) is 0 Å². The van der Waals surface area contributed by atoms with Crippen molar-refractivity contribution in [3.05, 3.63) is 0 Å². The molecule has 2 rings (SSSR count). The van der Waals surface area contributed by atoms with Gasteiger partial charge in [0.1, 0.15) is 0 Å². The predicted molar refractivity (Wildman–Crippen MR) is 62.0 cm³/mol. The Morgan fingerprint density at radius 3 is 3.00 bits per heavy atom. The van der Waals surface area contributed by atoms with Gasteiger partial charge in [-0.15, -0.1) is 0 Å². The van der Waals surface area contributed by atoms with Gasteiger partial charge < -0.3 is 10.1 Å². The van der Waals surface area contributed by atoms with Gasteiger partial charge in [0.05, 0.1) is 6.61 Å². The van der Waals surface area contributed by atoms with E-state index in [0.29, 0.717) is 6.04 Å². The highest BCUT2D eigenvalue weighted by Crippen LogP contribution is 2.23. The molecule has 2 aliphatic rings. The fraction of sp³-hybridized carbons (Fsp3) is 1.00. The minimum absolute atomic E-state index is 0.705. The number of hydrogen-bond acceptors (Lipinski definition) is 3. The van der Waals surface area contributed by atoms with Gasteiger partial charge in [0.2, 0.25) is 0 Å². The van der Waals surface area contributed by atoms with E-state index < -0.39 is 0 Å². The van der Waals surface area contributed by atoms with Crippen molar-refractivity contribution in [2.75, 3.05) is 32.8 Å². The summed E-state index contributed by atoms with van der Waals surface area (Å²) in [6.45, 7) is 10.1. The van der Waals surface area contributed by atoms with E-state index in [0.717, 1.165) is 31.7 Å². The summed E-state index contributed by atoms with van der Waals surface area (Å²) >= 11 is 0. The first kappa shape index (κ1) is 11.4. The van der Waals surface area contributed by atoms with Crippen LogP contribution in [0.4, 0.5) is 0 Å². The number of ether oxygens (including phenoxy) is 1. The lowest BCUT2D eigenvalue weighted by Crippen LogP contribution is -2.40. The summed E-state index contributed by atoms with van der Waals surface area (Å²) in [6, 6.07) is 1.43. The van der Waals surface area contributed by atoms with Crippen molar-refractivity contribution in [2.24, 2.45) is 5.92 Å². The molecule has 2 saturated heterocycles. The minimum atomic E-state index is 0.705. The van der Waals surface area contributed by atoms with Crippen LogP contribution in [0.1, 0.15) is 26.7 Å². The maximum atomic E-state index is 5.47. The molecule has 0 aromatic carbocycles. The molecule has 1 N–H and O–H groups in total. The van der Waals surface area contributed by atoms with Crippen LogP contribution in [0.5, 0.6) is 0 Å². The van der Waals surface area contributed by atoms with Crippen LogP contribution in [0, 0.1) is 5.92 Å². The SMILES string of the molecule is CCNC1CCN(C(C)C2CCOC2)C1. The molecule has 2 heterocycles. The highest BCUT2D eigenvalue weighted by Gasteiger charge is 2.31. The zero-order chi connectivity index (χ0) is 10.7. The van der Waals surface area contributed by atoms with Gasteiger partial charge in [-0.3, -0.25) is 4.90 Å². The molecular formula is C12H24N2O. The molecule has 3 unspecified atom stereocenters. The molecule has 2 fully saturated rings. The van der Waals surface area contributed by atoms with Crippen molar-refractivity contribution < 1.29 is 4.74 Å². The van der Waals surface area contributed by atoms with Crippen LogP contribution in [-0.4, -0.2) is 49.8 Å². The molecule has 0 aromatic heterocycles. The maximum absolute atomic E-state index is 5.47. The molecule has 88 valence electrons. The van der Waals surface area contributed by atoms with Crippen molar-refractivity contribution in [2.45, 2.75) is 38.8 Å². The monoisotopic (exact) mass is 212 g/mol. The lowest BCUT2D eigenvalue weighted by Gasteiger charge is -2.28.